The van der Waals surface area contributed by atoms with E-state index in [-0.39, 0.29) is 11.9 Å². The smallest absolute Gasteiger partial charge is 0.174 e. The molecule has 1 aliphatic rings. The number of amidine groups is 1. The van der Waals surface area contributed by atoms with Crippen molar-refractivity contribution in [3.63, 3.8) is 0 Å². The molecule has 2 heterocycles. The van der Waals surface area contributed by atoms with Gasteiger partial charge in [0.2, 0.25) is 0 Å². The summed E-state index contributed by atoms with van der Waals surface area (Å²) >= 11 is 0. The number of aromatic nitrogens is 1. The predicted molar refractivity (Wildman–Crippen MR) is 73.7 cm³/mol. The van der Waals surface area contributed by atoms with Crippen molar-refractivity contribution in [2.75, 3.05) is 25.1 Å². The number of nitrogens with two attached hydrogens (primary N) is 1. The molecule has 0 saturated carbocycles. The lowest BCUT2D eigenvalue weighted by Gasteiger charge is -2.24. The molecule has 1 aromatic heterocycles. The summed E-state index contributed by atoms with van der Waals surface area (Å²) < 4.78 is 5.62. The van der Waals surface area contributed by atoms with E-state index in [1.165, 1.54) is 0 Å². The van der Waals surface area contributed by atoms with Crippen molar-refractivity contribution in [2.45, 2.75) is 25.9 Å². The van der Waals surface area contributed by atoms with Crippen molar-refractivity contribution >= 4 is 11.7 Å². The molecule has 0 radical (unpaired) electrons. The van der Waals surface area contributed by atoms with Gasteiger partial charge in [-0.25, -0.2) is 4.98 Å². The quantitative estimate of drug-likeness (QED) is 0.368. The summed E-state index contributed by atoms with van der Waals surface area (Å²) in [4.78, 5) is 6.35. The molecular formula is C13H20N4O2. The third-order valence-corrected chi connectivity index (χ3v) is 3.37. The van der Waals surface area contributed by atoms with Crippen LogP contribution in [-0.2, 0) is 4.74 Å². The standard InChI is InChI=1S/C13H20N4O2/c1-9-5-6-15-13(11(9)12(14)16-18)17(2)8-10-4-3-7-19-10/h5-6,10,18H,3-4,7-8H2,1-2H3,(H2,14,16). The average molecular weight is 264 g/mol. The van der Waals surface area contributed by atoms with E-state index in [9.17, 15) is 0 Å². The van der Waals surface area contributed by atoms with Crippen LogP contribution in [0.2, 0.25) is 0 Å². The second-order valence-corrected chi connectivity index (χ2v) is 4.83. The number of nitrogens with zero attached hydrogens (tertiary/aromatic N) is 3. The van der Waals surface area contributed by atoms with Crippen molar-refractivity contribution in [2.24, 2.45) is 10.9 Å². The van der Waals surface area contributed by atoms with Gasteiger partial charge in [0, 0.05) is 26.4 Å². The molecule has 0 spiro atoms. The fourth-order valence-corrected chi connectivity index (χ4v) is 2.38. The van der Waals surface area contributed by atoms with Crippen molar-refractivity contribution in [3.8, 4) is 0 Å². The normalized spacial score (nSPS) is 19.7. The van der Waals surface area contributed by atoms with Crippen molar-refractivity contribution in [3.05, 3.63) is 23.4 Å². The maximum Gasteiger partial charge on any atom is 0.174 e. The van der Waals surface area contributed by atoms with Gasteiger partial charge in [-0.2, -0.15) is 0 Å². The Labute approximate surface area is 112 Å². The molecule has 1 fully saturated rings. The summed E-state index contributed by atoms with van der Waals surface area (Å²) in [6.07, 6.45) is 4.12. The second-order valence-electron chi connectivity index (χ2n) is 4.83. The van der Waals surface area contributed by atoms with Gasteiger partial charge in [0.1, 0.15) is 5.82 Å². The molecule has 0 amide bonds. The van der Waals surface area contributed by atoms with Crippen LogP contribution in [0.15, 0.2) is 17.4 Å². The Morgan fingerprint density at radius 3 is 3.11 bits per heavy atom. The van der Waals surface area contributed by atoms with Crippen molar-refractivity contribution < 1.29 is 9.94 Å². The molecule has 3 N–H and O–H groups in total. The Bertz CT molecular complexity index is 470. The first-order chi connectivity index (χ1) is 9.13. The molecule has 1 aliphatic heterocycles. The van der Waals surface area contributed by atoms with Crippen molar-refractivity contribution in [1.82, 2.24) is 4.98 Å². The number of ether oxygens (including phenoxy) is 1. The Morgan fingerprint density at radius 1 is 1.68 bits per heavy atom. The minimum Gasteiger partial charge on any atom is -0.409 e. The number of anilines is 1. The SMILES string of the molecule is Cc1ccnc(N(C)CC2CCCO2)c1/C(N)=N/O. The van der Waals surface area contributed by atoms with Gasteiger partial charge in [-0.1, -0.05) is 5.16 Å². The lowest BCUT2D eigenvalue weighted by atomic mass is 10.1. The van der Waals surface area contributed by atoms with Gasteiger partial charge >= 0.3 is 0 Å². The van der Waals surface area contributed by atoms with Gasteiger partial charge in [0.25, 0.3) is 0 Å². The van der Waals surface area contributed by atoms with E-state index in [2.05, 4.69) is 10.1 Å². The molecule has 0 aliphatic carbocycles. The van der Waals surface area contributed by atoms with Crippen LogP contribution >= 0.6 is 0 Å². The zero-order valence-electron chi connectivity index (χ0n) is 11.3. The molecule has 19 heavy (non-hydrogen) atoms. The summed E-state index contributed by atoms with van der Waals surface area (Å²) in [7, 11) is 1.94. The van der Waals surface area contributed by atoms with Crippen LogP contribution in [0.3, 0.4) is 0 Å². The Hall–Kier alpha value is -1.82. The molecule has 1 aromatic rings. The minimum absolute atomic E-state index is 0.0831. The molecule has 1 atom stereocenters. The van der Waals surface area contributed by atoms with Crippen LogP contribution in [0.4, 0.5) is 5.82 Å². The third-order valence-electron chi connectivity index (χ3n) is 3.37. The highest BCUT2D eigenvalue weighted by Gasteiger charge is 2.21. The van der Waals surface area contributed by atoms with E-state index < -0.39 is 0 Å². The molecule has 1 unspecified atom stereocenters. The number of likely N-dealkylation sites (N-methyl/N-ethyl adjacent to an activating group) is 1. The monoisotopic (exact) mass is 264 g/mol. The summed E-state index contributed by atoms with van der Waals surface area (Å²) in [6.45, 7) is 3.49. The number of hydrogen-bond donors (Lipinski definition) is 2. The van der Waals surface area contributed by atoms with Crippen LogP contribution < -0.4 is 10.6 Å². The summed E-state index contributed by atoms with van der Waals surface area (Å²) in [5, 5.41) is 12.0. The average Bonchev–Trinajstić information content (AvgIpc) is 2.90. The molecule has 1 saturated heterocycles. The molecule has 6 heteroatoms. The molecule has 104 valence electrons. The number of oxime groups is 1. The van der Waals surface area contributed by atoms with Gasteiger partial charge in [0.15, 0.2) is 5.84 Å². The summed E-state index contributed by atoms with van der Waals surface area (Å²) in [6, 6.07) is 1.84. The fraction of sp³-hybridized carbons (Fsp3) is 0.538. The Kier molecular flexibility index (Phi) is 4.21. The first-order valence-electron chi connectivity index (χ1n) is 6.39. The predicted octanol–water partition coefficient (Wildman–Crippen LogP) is 1.10. The highest BCUT2D eigenvalue weighted by atomic mass is 16.5. The van der Waals surface area contributed by atoms with Gasteiger partial charge in [-0.3, -0.25) is 0 Å². The van der Waals surface area contributed by atoms with E-state index in [4.69, 9.17) is 15.7 Å². The van der Waals surface area contributed by atoms with E-state index in [1.54, 1.807) is 6.20 Å². The van der Waals surface area contributed by atoms with Crippen molar-refractivity contribution in [1.29, 1.82) is 0 Å². The first kappa shape index (κ1) is 13.6. The number of hydrogen-bond acceptors (Lipinski definition) is 5. The zero-order chi connectivity index (χ0) is 13.8. The summed E-state index contributed by atoms with van der Waals surface area (Å²) in [5.41, 5.74) is 7.35. The molecular weight excluding hydrogens is 244 g/mol. The Morgan fingerprint density at radius 2 is 2.47 bits per heavy atom. The highest BCUT2D eigenvalue weighted by Crippen LogP contribution is 2.22. The van der Waals surface area contributed by atoms with E-state index in [0.717, 1.165) is 31.6 Å². The fourth-order valence-electron chi connectivity index (χ4n) is 2.38. The van der Waals surface area contributed by atoms with Crippen LogP contribution in [0.5, 0.6) is 0 Å². The first-order valence-corrected chi connectivity index (χ1v) is 6.39. The highest BCUT2D eigenvalue weighted by molar-refractivity contribution is 6.02. The van der Waals surface area contributed by atoms with Crippen LogP contribution in [0.25, 0.3) is 0 Å². The molecule has 2 rings (SSSR count). The van der Waals surface area contributed by atoms with Crippen LogP contribution in [-0.4, -0.2) is 42.3 Å². The topological polar surface area (TPSA) is 84.0 Å². The molecule has 6 nitrogen and oxygen atoms in total. The number of pyridine rings is 1. The van der Waals surface area contributed by atoms with Crippen LogP contribution in [0, 0.1) is 6.92 Å². The van der Waals surface area contributed by atoms with Gasteiger partial charge in [0.05, 0.1) is 11.7 Å². The van der Waals surface area contributed by atoms with Gasteiger partial charge in [-0.15, -0.1) is 0 Å². The lowest BCUT2D eigenvalue weighted by molar-refractivity contribution is 0.116. The van der Waals surface area contributed by atoms with Crippen LogP contribution in [0.1, 0.15) is 24.0 Å². The molecule has 0 aromatic carbocycles. The molecule has 0 bridgehead atoms. The van der Waals surface area contributed by atoms with E-state index in [1.807, 2.05) is 24.9 Å². The maximum atomic E-state index is 8.90. The van der Waals surface area contributed by atoms with Gasteiger partial charge < -0.3 is 20.6 Å². The minimum atomic E-state index is 0.0831. The maximum absolute atomic E-state index is 8.90. The number of aryl methyl sites for hydroxylation is 1. The lowest BCUT2D eigenvalue weighted by Crippen LogP contribution is -2.31. The third kappa shape index (κ3) is 2.96. The summed E-state index contributed by atoms with van der Waals surface area (Å²) in [5.74, 6) is 0.797. The van der Waals surface area contributed by atoms with Gasteiger partial charge in [-0.05, 0) is 31.4 Å². The zero-order valence-corrected chi connectivity index (χ0v) is 11.3. The van der Waals surface area contributed by atoms with E-state index >= 15 is 0 Å². The largest absolute Gasteiger partial charge is 0.409 e. The Balaban J connectivity index is 2.25. The van der Waals surface area contributed by atoms with E-state index in [0.29, 0.717) is 11.4 Å². The second kappa shape index (κ2) is 5.88. The number of rotatable bonds is 4.